The van der Waals surface area contributed by atoms with Gasteiger partial charge in [-0.15, -0.1) is 0 Å². The summed E-state index contributed by atoms with van der Waals surface area (Å²) in [5.41, 5.74) is 0. The Bertz CT molecular complexity index is 223. The Morgan fingerprint density at radius 2 is 2.17 bits per heavy atom. The Labute approximate surface area is 74.2 Å². The van der Waals surface area contributed by atoms with Crippen LogP contribution in [-0.4, -0.2) is 13.2 Å². The van der Waals surface area contributed by atoms with E-state index in [4.69, 9.17) is 4.42 Å². The van der Waals surface area contributed by atoms with E-state index in [1.807, 2.05) is 12.1 Å². The summed E-state index contributed by atoms with van der Waals surface area (Å²) in [5, 5.41) is 9.69. The van der Waals surface area contributed by atoms with Crippen molar-refractivity contribution in [2.45, 2.75) is 31.8 Å². The first kappa shape index (κ1) is 9.54. The summed E-state index contributed by atoms with van der Waals surface area (Å²) < 4.78 is 5.11. The van der Waals surface area contributed by atoms with Crippen molar-refractivity contribution in [3.63, 3.8) is 0 Å². The van der Waals surface area contributed by atoms with E-state index in [-0.39, 0.29) is 0 Å². The molecule has 0 saturated heterocycles. The Kier molecular flexibility index (Phi) is 2.75. The molecule has 2 nitrogen and oxygen atoms in total. The van der Waals surface area contributed by atoms with E-state index in [9.17, 15) is 5.11 Å². The zero-order chi connectivity index (χ0) is 9.19. The second kappa shape index (κ2) is 3.45. The molecule has 0 aliphatic carbocycles. The molecule has 1 aromatic heterocycles. The first-order chi connectivity index (χ1) is 5.49. The van der Waals surface area contributed by atoms with Crippen LogP contribution >= 0.6 is 0 Å². The third-order valence-corrected chi connectivity index (χ3v) is 3.29. The summed E-state index contributed by atoms with van der Waals surface area (Å²) in [6.45, 7) is 6.71. The minimum atomic E-state index is -1.19. The SMILES string of the molecule is C[Si](C)(C)C[C@H](O)c1ccco1. The van der Waals surface area contributed by atoms with Crippen molar-refractivity contribution < 1.29 is 9.52 Å². The van der Waals surface area contributed by atoms with Gasteiger partial charge in [0, 0.05) is 8.07 Å². The van der Waals surface area contributed by atoms with E-state index in [0.717, 1.165) is 6.04 Å². The van der Waals surface area contributed by atoms with Crippen molar-refractivity contribution in [3.05, 3.63) is 24.2 Å². The molecule has 3 heteroatoms. The summed E-state index contributed by atoms with van der Waals surface area (Å²) >= 11 is 0. The van der Waals surface area contributed by atoms with Crippen LogP contribution in [0.2, 0.25) is 25.7 Å². The topological polar surface area (TPSA) is 33.4 Å². The number of aliphatic hydroxyl groups excluding tert-OH is 1. The average Bonchev–Trinajstić information content (AvgIpc) is 2.32. The third kappa shape index (κ3) is 2.83. The lowest BCUT2D eigenvalue weighted by Crippen LogP contribution is -2.22. The van der Waals surface area contributed by atoms with Gasteiger partial charge >= 0.3 is 0 Å². The number of hydrogen-bond acceptors (Lipinski definition) is 2. The Morgan fingerprint density at radius 3 is 2.58 bits per heavy atom. The molecule has 1 heterocycles. The molecule has 1 aromatic rings. The van der Waals surface area contributed by atoms with Crippen LogP contribution in [0, 0.1) is 0 Å². The number of aliphatic hydroxyl groups is 1. The molecule has 0 aliphatic heterocycles. The predicted octanol–water partition coefficient (Wildman–Crippen LogP) is 2.65. The third-order valence-electron chi connectivity index (χ3n) is 1.68. The minimum absolute atomic E-state index is 0.410. The molecule has 1 N–H and O–H groups in total. The molecule has 0 aromatic carbocycles. The van der Waals surface area contributed by atoms with E-state index in [1.54, 1.807) is 6.26 Å². The van der Waals surface area contributed by atoms with Crippen LogP contribution in [0.1, 0.15) is 11.9 Å². The van der Waals surface area contributed by atoms with Gasteiger partial charge in [-0.1, -0.05) is 19.6 Å². The number of furan rings is 1. The van der Waals surface area contributed by atoms with E-state index in [1.165, 1.54) is 0 Å². The van der Waals surface area contributed by atoms with E-state index in [0.29, 0.717) is 5.76 Å². The molecular formula is C9H16O2Si. The zero-order valence-corrected chi connectivity index (χ0v) is 8.87. The van der Waals surface area contributed by atoms with Gasteiger partial charge in [0.15, 0.2) is 0 Å². The van der Waals surface area contributed by atoms with E-state index >= 15 is 0 Å². The molecule has 1 atom stereocenters. The molecule has 12 heavy (non-hydrogen) atoms. The molecular weight excluding hydrogens is 168 g/mol. The fraction of sp³-hybridized carbons (Fsp3) is 0.556. The maximum Gasteiger partial charge on any atom is 0.131 e. The molecule has 0 aliphatic rings. The largest absolute Gasteiger partial charge is 0.467 e. The zero-order valence-electron chi connectivity index (χ0n) is 7.87. The molecule has 0 saturated carbocycles. The van der Waals surface area contributed by atoms with Crippen LogP contribution in [0.4, 0.5) is 0 Å². The Balaban J connectivity index is 2.56. The van der Waals surface area contributed by atoms with Gasteiger partial charge in [-0.2, -0.15) is 0 Å². The highest BCUT2D eigenvalue weighted by molar-refractivity contribution is 6.76. The van der Waals surface area contributed by atoms with Crippen molar-refractivity contribution in [3.8, 4) is 0 Å². The van der Waals surface area contributed by atoms with Gasteiger partial charge in [-0.05, 0) is 18.2 Å². The van der Waals surface area contributed by atoms with Gasteiger partial charge < -0.3 is 9.52 Å². The minimum Gasteiger partial charge on any atom is -0.467 e. The standard InChI is InChI=1S/C9H16O2Si/c1-12(2,3)7-8(10)9-5-4-6-11-9/h4-6,8,10H,7H2,1-3H3/t8-/m0/s1. The fourth-order valence-electron chi connectivity index (χ4n) is 1.16. The van der Waals surface area contributed by atoms with Crippen molar-refractivity contribution in [2.75, 3.05) is 0 Å². The maximum absolute atomic E-state index is 9.69. The van der Waals surface area contributed by atoms with Gasteiger partial charge in [-0.25, -0.2) is 0 Å². The summed E-state index contributed by atoms with van der Waals surface area (Å²) in [6, 6.07) is 4.49. The monoisotopic (exact) mass is 184 g/mol. The first-order valence-corrected chi connectivity index (χ1v) is 7.91. The maximum atomic E-state index is 9.69. The van der Waals surface area contributed by atoms with Gasteiger partial charge in [0.05, 0.1) is 6.26 Å². The number of rotatable bonds is 3. The van der Waals surface area contributed by atoms with Gasteiger partial charge in [0.1, 0.15) is 11.9 Å². The molecule has 0 amide bonds. The molecule has 0 radical (unpaired) electrons. The van der Waals surface area contributed by atoms with Crippen LogP contribution < -0.4 is 0 Å². The average molecular weight is 184 g/mol. The fourth-order valence-corrected chi connectivity index (χ4v) is 2.52. The smallest absolute Gasteiger partial charge is 0.131 e. The normalized spacial score (nSPS) is 14.7. The Hall–Kier alpha value is -0.543. The molecule has 0 bridgehead atoms. The lowest BCUT2D eigenvalue weighted by Gasteiger charge is -2.18. The highest BCUT2D eigenvalue weighted by Gasteiger charge is 2.21. The second-order valence-corrected chi connectivity index (χ2v) is 9.83. The molecule has 0 fully saturated rings. The quantitative estimate of drug-likeness (QED) is 0.733. The van der Waals surface area contributed by atoms with Crippen molar-refractivity contribution in [1.29, 1.82) is 0 Å². The van der Waals surface area contributed by atoms with E-state index < -0.39 is 14.2 Å². The highest BCUT2D eigenvalue weighted by Crippen LogP contribution is 2.23. The lowest BCUT2D eigenvalue weighted by atomic mass is 10.3. The van der Waals surface area contributed by atoms with Crippen LogP contribution in [-0.2, 0) is 0 Å². The summed E-state index contributed by atoms with van der Waals surface area (Å²) in [4.78, 5) is 0. The first-order valence-electron chi connectivity index (χ1n) is 4.20. The van der Waals surface area contributed by atoms with Crippen molar-refractivity contribution in [2.24, 2.45) is 0 Å². The molecule has 0 unspecified atom stereocenters. The second-order valence-electron chi connectivity index (χ2n) is 4.30. The molecule has 0 spiro atoms. The summed E-state index contributed by atoms with van der Waals surface area (Å²) in [6.07, 6.45) is 1.19. The van der Waals surface area contributed by atoms with Crippen molar-refractivity contribution >= 4 is 8.07 Å². The lowest BCUT2D eigenvalue weighted by molar-refractivity contribution is 0.168. The number of hydrogen-bond donors (Lipinski definition) is 1. The van der Waals surface area contributed by atoms with Crippen LogP contribution in [0.3, 0.4) is 0 Å². The van der Waals surface area contributed by atoms with Gasteiger partial charge in [0.25, 0.3) is 0 Å². The summed E-state index contributed by atoms with van der Waals surface area (Å²) in [7, 11) is -1.19. The van der Waals surface area contributed by atoms with Crippen LogP contribution in [0.15, 0.2) is 22.8 Å². The van der Waals surface area contributed by atoms with Gasteiger partial charge in [0.2, 0.25) is 0 Å². The highest BCUT2D eigenvalue weighted by atomic mass is 28.3. The Morgan fingerprint density at radius 1 is 1.50 bits per heavy atom. The summed E-state index contributed by atoms with van der Waals surface area (Å²) in [5.74, 6) is 0.692. The molecule has 1 rings (SSSR count). The van der Waals surface area contributed by atoms with Gasteiger partial charge in [-0.3, -0.25) is 0 Å². The van der Waals surface area contributed by atoms with Crippen molar-refractivity contribution in [1.82, 2.24) is 0 Å². The van der Waals surface area contributed by atoms with Crippen LogP contribution in [0.5, 0.6) is 0 Å². The van der Waals surface area contributed by atoms with E-state index in [2.05, 4.69) is 19.6 Å². The van der Waals surface area contributed by atoms with Crippen LogP contribution in [0.25, 0.3) is 0 Å². The molecule has 68 valence electrons. The predicted molar refractivity (Wildman–Crippen MR) is 51.8 cm³/mol.